The molecule has 0 unspecified atom stereocenters. The van der Waals surface area contributed by atoms with Gasteiger partial charge >= 0.3 is 317 Å². The van der Waals surface area contributed by atoms with Crippen molar-refractivity contribution in [1.29, 1.82) is 0 Å². The summed E-state index contributed by atoms with van der Waals surface area (Å²) in [6.45, 7) is 0. The van der Waals surface area contributed by atoms with Gasteiger partial charge in [-0.15, -0.1) is 0 Å². The first-order chi connectivity index (χ1) is 24.8. The first kappa shape index (κ1) is 38.9. The van der Waals surface area contributed by atoms with Gasteiger partial charge in [0, 0.05) is 0 Å². The molecule has 0 aliphatic carbocycles. The van der Waals surface area contributed by atoms with Gasteiger partial charge in [-0.1, -0.05) is 0 Å². The zero-order valence-electron chi connectivity index (χ0n) is 27.1. The van der Waals surface area contributed by atoms with E-state index in [9.17, 15) is 14.4 Å². The van der Waals surface area contributed by atoms with E-state index >= 15 is 0 Å². The van der Waals surface area contributed by atoms with Gasteiger partial charge in [0.2, 0.25) is 0 Å². The van der Waals surface area contributed by atoms with Crippen LogP contribution in [0.25, 0.3) is 0 Å². The number of carbonyl (C=O) groups is 3. The van der Waals surface area contributed by atoms with Crippen LogP contribution >= 0.6 is 0 Å². The fourth-order valence-corrected chi connectivity index (χ4v) is 10.4. The van der Waals surface area contributed by atoms with E-state index in [-0.39, 0.29) is 44.9 Å². The summed E-state index contributed by atoms with van der Waals surface area (Å²) in [6.07, 6.45) is 8.84. The molecule has 0 saturated carbocycles. The van der Waals surface area contributed by atoms with E-state index in [2.05, 4.69) is 15.0 Å². The molecule has 3 N–H and O–H groups in total. The van der Waals surface area contributed by atoms with E-state index in [0.29, 0.717) is 16.7 Å². The van der Waals surface area contributed by atoms with Gasteiger partial charge in [0.25, 0.3) is 0 Å². The molecule has 0 aliphatic heterocycles. The number of benzene rings is 3. The van der Waals surface area contributed by atoms with Gasteiger partial charge in [-0.25, -0.2) is 0 Å². The van der Waals surface area contributed by atoms with E-state index in [1.54, 1.807) is 61.2 Å². The topological polar surface area (TPSA) is 151 Å². The fraction of sp³-hybridized carbons (Fsp3) is 0.0769. The first-order valence-electron chi connectivity index (χ1n) is 15.3. The van der Waals surface area contributed by atoms with E-state index < -0.39 is 17.9 Å². The first-order valence-corrected chi connectivity index (χ1v) is 21.5. The maximum atomic E-state index is 11.0. The van der Waals surface area contributed by atoms with Crippen molar-refractivity contribution in [1.82, 2.24) is 15.0 Å². The monoisotopic (exact) mass is 879 g/mol. The van der Waals surface area contributed by atoms with Crippen LogP contribution in [0.5, 0.6) is 0 Å². The van der Waals surface area contributed by atoms with Gasteiger partial charge in [-0.05, 0) is 0 Å². The zero-order chi connectivity index (χ0) is 36.3. The normalized spacial score (nSPS) is 10.1. The van der Waals surface area contributed by atoms with Crippen molar-refractivity contribution in [2.24, 2.45) is 0 Å². The quantitative estimate of drug-likeness (QED) is 0.156. The molecule has 3 aromatic heterocycles. The standard InChI is InChI=1S/3C13H11NO2Se/c15-13(16)11-6-1-2-7-12(11)17-9-10-5-3-4-8-14-10;15-13(16)11-5-1-2-6-12(11)17-9-10-4-3-7-14-8-10;15-13(16)11-3-1-2-4-12(11)17-9-10-5-7-14-8-6-10/h3*1-8H,9H2,(H,15,16). The Morgan fingerprint density at radius 1 is 0.451 bits per heavy atom. The second kappa shape index (κ2) is 21.3. The summed E-state index contributed by atoms with van der Waals surface area (Å²) < 4.78 is 2.78. The van der Waals surface area contributed by atoms with Gasteiger partial charge in [0.05, 0.1) is 0 Å². The van der Waals surface area contributed by atoms with Gasteiger partial charge in [-0.2, -0.15) is 0 Å². The Kier molecular flexibility index (Phi) is 16.3. The van der Waals surface area contributed by atoms with Crippen LogP contribution in [-0.2, 0) is 16.0 Å². The van der Waals surface area contributed by atoms with Crippen molar-refractivity contribution in [2.45, 2.75) is 16.0 Å². The molecule has 12 heteroatoms. The van der Waals surface area contributed by atoms with E-state index in [1.807, 2.05) is 85.1 Å². The number of carboxylic acid groups (broad SMARTS) is 3. The van der Waals surface area contributed by atoms with Crippen LogP contribution in [0.1, 0.15) is 47.9 Å². The molecule has 0 saturated heterocycles. The number of carboxylic acids is 3. The molecule has 0 bridgehead atoms. The van der Waals surface area contributed by atoms with Crippen molar-refractivity contribution in [2.75, 3.05) is 0 Å². The average Bonchev–Trinajstić information content (AvgIpc) is 3.17. The molecule has 0 amide bonds. The van der Waals surface area contributed by atoms with Crippen molar-refractivity contribution >= 4 is 76.2 Å². The molecule has 6 rings (SSSR count). The SMILES string of the molecule is O=C(O)c1ccccc1[Se]Cc1ccccn1.O=C(O)c1ccccc1[Se]Cc1cccnc1.O=C(O)c1ccccc1[Se]Cc1ccncc1. The minimum absolute atomic E-state index is 0.101. The van der Waals surface area contributed by atoms with Crippen LogP contribution in [0.4, 0.5) is 0 Å². The average molecular weight is 877 g/mol. The van der Waals surface area contributed by atoms with Gasteiger partial charge in [0.1, 0.15) is 0 Å². The number of nitrogens with zero attached hydrogens (tertiary/aromatic N) is 3. The summed E-state index contributed by atoms with van der Waals surface area (Å²) in [4.78, 5) is 45.3. The molecule has 0 atom stereocenters. The number of hydrogen-bond acceptors (Lipinski definition) is 6. The molecule has 0 radical (unpaired) electrons. The van der Waals surface area contributed by atoms with Crippen LogP contribution in [0.2, 0.25) is 0 Å². The Labute approximate surface area is 314 Å². The summed E-state index contributed by atoms with van der Waals surface area (Å²) in [6, 6.07) is 35.2. The van der Waals surface area contributed by atoms with E-state index in [4.69, 9.17) is 15.3 Å². The number of hydrogen-bond donors (Lipinski definition) is 3. The number of pyridine rings is 3. The summed E-state index contributed by atoms with van der Waals surface area (Å²) in [5, 5.41) is 29.8. The molecule has 0 fully saturated rings. The van der Waals surface area contributed by atoms with Crippen LogP contribution < -0.4 is 13.4 Å². The molecular weight excluding hydrogens is 843 g/mol. The van der Waals surface area contributed by atoms with Crippen molar-refractivity contribution < 1.29 is 29.7 Å². The maximum absolute atomic E-state index is 11.0. The number of aromatic carboxylic acids is 3. The number of aromatic nitrogens is 3. The second-order valence-electron chi connectivity index (χ2n) is 10.3. The van der Waals surface area contributed by atoms with Crippen LogP contribution in [0.3, 0.4) is 0 Å². The minimum atomic E-state index is -0.858. The molecule has 0 aliphatic rings. The third kappa shape index (κ3) is 13.4. The Hall–Kier alpha value is -4.92. The summed E-state index contributed by atoms with van der Waals surface area (Å²) in [5.41, 5.74) is 4.59. The Bertz CT molecular complexity index is 1770. The van der Waals surface area contributed by atoms with Crippen molar-refractivity contribution in [3.63, 3.8) is 0 Å². The molecule has 258 valence electrons. The van der Waals surface area contributed by atoms with Gasteiger partial charge in [-0.3, -0.25) is 0 Å². The Morgan fingerprint density at radius 2 is 0.922 bits per heavy atom. The van der Waals surface area contributed by atoms with E-state index in [1.165, 1.54) is 5.56 Å². The molecule has 9 nitrogen and oxygen atoms in total. The third-order valence-electron chi connectivity index (χ3n) is 6.71. The second-order valence-corrected chi connectivity index (χ2v) is 16.7. The van der Waals surface area contributed by atoms with Gasteiger partial charge in [0.15, 0.2) is 0 Å². The van der Waals surface area contributed by atoms with Crippen molar-refractivity contribution in [3.05, 3.63) is 180 Å². The van der Waals surface area contributed by atoms with Crippen LogP contribution in [0.15, 0.2) is 146 Å². The summed E-state index contributed by atoms with van der Waals surface area (Å²) in [7, 11) is 0. The van der Waals surface area contributed by atoms with Crippen LogP contribution in [0, 0.1) is 0 Å². The predicted octanol–water partition coefficient (Wildman–Crippen LogP) is 3.93. The zero-order valence-corrected chi connectivity index (χ0v) is 32.2. The molecule has 3 aromatic carbocycles. The number of rotatable bonds is 12. The fourth-order valence-electron chi connectivity index (χ4n) is 4.23. The third-order valence-corrected chi connectivity index (χ3v) is 13.8. The Balaban J connectivity index is 0.000000172. The summed E-state index contributed by atoms with van der Waals surface area (Å²) in [5.74, 6) is -2.56. The Morgan fingerprint density at radius 3 is 1.37 bits per heavy atom. The molecule has 3 heterocycles. The molecule has 0 spiro atoms. The summed E-state index contributed by atoms with van der Waals surface area (Å²) >= 11 is 0.359. The van der Waals surface area contributed by atoms with Crippen molar-refractivity contribution in [3.8, 4) is 0 Å². The van der Waals surface area contributed by atoms with Gasteiger partial charge < -0.3 is 0 Å². The van der Waals surface area contributed by atoms with Crippen LogP contribution in [-0.4, -0.2) is 93.0 Å². The van der Waals surface area contributed by atoms with E-state index in [0.717, 1.165) is 40.6 Å². The molecular formula is C39H33N3O6Se3. The molecule has 6 aromatic rings. The molecule has 51 heavy (non-hydrogen) atoms. The predicted molar refractivity (Wildman–Crippen MR) is 200 cm³/mol.